The number of hydrogen-bond donors (Lipinski definition) is 1. The molecule has 1 N–H and O–H groups in total. The van der Waals surface area contributed by atoms with E-state index in [0.717, 1.165) is 12.0 Å². The fourth-order valence-corrected chi connectivity index (χ4v) is 1.32. The SMILES string of the molecule is CCC(C#N)CNCc1cccc(F)c1. The summed E-state index contributed by atoms with van der Waals surface area (Å²) in [5, 5.41) is 11.9. The summed E-state index contributed by atoms with van der Waals surface area (Å²) in [5.74, 6) is -0.180. The van der Waals surface area contributed by atoms with Crippen molar-refractivity contribution in [1.29, 1.82) is 5.26 Å². The Bertz CT molecular complexity index is 344. The van der Waals surface area contributed by atoms with Crippen LogP contribution in [0.4, 0.5) is 4.39 Å². The lowest BCUT2D eigenvalue weighted by Crippen LogP contribution is -2.21. The maximum absolute atomic E-state index is 12.8. The highest BCUT2D eigenvalue weighted by molar-refractivity contribution is 5.15. The molecule has 1 rings (SSSR count). The van der Waals surface area contributed by atoms with Gasteiger partial charge in [-0.25, -0.2) is 4.39 Å². The average Bonchev–Trinajstić information content (AvgIpc) is 2.25. The van der Waals surface area contributed by atoms with E-state index in [9.17, 15) is 4.39 Å². The summed E-state index contributed by atoms with van der Waals surface area (Å²) in [6.45, 7) is 3.25. The maximum Gasteiger partial charge on any atom is 0.123 e. The van der Waals surface area contributed by atoms with E-state index in [0.29, 0.717) is 13.1 Å². The normalized spacial score (nSPS) is 12.1. The molecule has 80 valence electrons. The van der Waals surface area contributed by atoms with Crippen LogP contribution in [0.5, 0.6) is 0 Å². The second-order valence-corrected chi connectivity index (χ2v) is 3.50. The number of hydrogen-bond acceptors (Lipinski definition) is 2. The van der Waals surface area contributed by atoms with Crippen molar-refractivity contribution in [3.63, 3.8) is 0 Å². The van der Waals surface area contributed by atoms with Gasteiger partial charge in [0.2, 0.25) is 0 Å². The summed E-state index contributed by atoms with van der Waals surface area (Å²) in [7, 11) is 0. The van der Waals surface area contributed by atoms with E-state index in [1.165, 1.54) is 12.1 Å². The number of nitriles is 1. The Morgan fingerprint density at radius 3 is 2.93 bits per heavy atom. The molecule has 0 amide bonds. The van der Waals surface area contributed by atoms with E-state index in [1.54, 1.807) is 6.07 Å². The lowest BCUT2D eigenvalue weighted by Gasteiger charge is -2.07. The summed E-state index contributed by atoms with van der Waals surface area (Å²) < 4.78 is 12.8. The molecule has 1 aromatic carbocycles. The van der Waals surface area contributed by atoms with Crippen molar-refractivity contribution < 1.29 is 4.39 Å². The van der Waals surface area contributed by atoms with Crippen LogP contribution in [-0.2, 0) is 6.54 Å². The minimum Gasteiger partial charge on any atom is -0.311 e. The largest absolute Gasteiger partial charge is 0.311 e. The Balaban J connectivity index is 2.35. The standard InChI is InChI=1S/C12H15FN2/c1-2-10(7-14)8-15-9-11-4-3-5-12(13)6-11/h3-6,10,15H,2,8-9H2,1H3. The molecule has 0 aromatic heterocycles. The first-order valence-corrected chi connectivity index (χ1v) is 5.11. The fraction of sp³-hybridized carbons (Fsp3) is 0.417. The van der Waals surface area contributed by atoms with Crippen molar-refractivity contribution in [2.24, 2.45) is 5.92 Å². The topological polar surface area (TPSA) is 35.8 Å². The summed E-state index contributed by atoms with van der Waals surface area (Å²) in [6.07, 6.45) is 0.840. The molecule has 0 bridgehead atoms. The van der Waals surface area contributed by atoms with Crippen molar-refractivity contribution in [1.82, 2.24) is 5.32 Å². The van der Waals surface area contributed by atoms with Gasteiger partial charge in [0, 0.05) is 13.1 Å². The van der Waals surface area contributed by atoms with Crippen LogP contribution in [0, 0.1) is 23.1 Å². The van der Waals surface area contributed by atoms with Crippen molar-refractivity contribution >= 4 is 0 Å². The molecule has 0 saturated heterocycles. The quantitative estimate of drug-likeness (QED) is 0.803. The van der Waals surface area contributed by atoms with Gasteiger partial charge in [-0.3, -0.25) is 0 Å². The molecule has 0 radical (unpaired) electrons. The van der Waals surface area contributed by atoms with Crippen LogP contribution >= 0.6 is 0 Å². The van der Waals surface area contributed by atoms with Crippen LogP contribution in [0.15, 0.2) is 24.3 Å². The zero-order valence-corrected chi connectivity index (χ0v) is 8.83. The third-order valence-electron chi connectivity index (χ3n) is 2.28. The van der Waals surface area contributed by atoms with Gasteiger partial charge in [0.05, 0.1) is 12.0 Å². The smallest absolute Gasteiger partial charge is 0.123 e. The van der Waals surface area contributed by atoms with Gasteiger partial charge in [0.1, 0.15) is 5.82 Å². The van der Waals surface area contributed by atoms with Crippen molar-refractivity contribution in [3.05, 3.63) is 35.6 Å². The van der Waals surface area contributed by atoms with Crippen LogP contribution in [0.2, 0.25) is 0 Å². The zero-order chi connectivity index (χ0) is 11.1. The van der Waals surface area contributed by atoms with Gasteiger partial charge < -0.3 is 5.32 Å². The molecule has 0 fully saturated rings. The van der Waals surface area contributed by atoms with Crippen molar-refractivity contribution in [2.45, 2.75) is 19.9 Å². The second kappa shape index (κ2) is 6.15. The highest BCUT2D eigenvalue weighted by Crippen LogP contribution is 2.04. The van der Waals surface area contributed by atoms with Crippen LogP contribution in [0.25, 0.3) is 0 Å². The molecule has 1 unspecified atom stereocenters. The van der Waals surface area contributed by atoms with Crippen LogP contribution < -0.4 is 5.32 Å². The highest BCUT2D eigenvalue weighted by Gasteiger charge is 2.03. The number of nitrogens with zero attached hydrogens (tertiary/aromatic N) is 1. The van der Waals surface area contributed by atoms with Crippen molar-refractivity contribution in [2.75, 3.05) is 6.54 Å². The lowest BCUT2D eigenvalue weighted by atomic mass is 10.1. The molecule has 0 aliphatic heterocycles. The van der Waals surface area contributed by atoms with Gasteiger partial charge >= 0.3 is 0 Å². The van der Waals surface area contributed by atoms with Gasteiger partial charge in [0.15, 0.2) is 0 Å². The molecule has 0 aliphatic rings. The van der Waals surface area contributed by atoms with Gasteiger partial charge in [-0.05, 0) is 24.1 Å². The third kappa shape index (κ3) is 4.09. The molecular weight excluding hydrogens is 191 g/mol. The molecule has 0 saturated carbocycles. The molecule has 0 aliphatic carbocycles. The van der Waals surface area contributed by atoms with Crippen LogP contribution in [0.3, 0.4) is 0 Å². The summed E-state index contributed by atoms with van der Waals surface area (Å²) in [6, 6.07) is 8.69. The Morgan fingerprint density at radius 2 is 2.33 bits per heavy atom. The maximum atomic E-state index is 12.8. The summed E-state index contributed by atoms with van der Waals surface area (Å²) in [5.41, 5.74) is 0.905. The predicted molar refractivity (Wildman–Crippen MR) is 57.5 cm³/mol. The van der Waals surface area contributed by atoms with Gasteiger partial charge in [-0.2, -0.15) is 5.26 Å². The minimum absolute atomic E-state index is 0.0403. The first-order valence-electron chi connectivity index (χ1n) is 5.11. The van der Waals surface area contributed by atoms with E-state index in [1.807, 2.05) is 13.0 Å². The summed E-state index contributed by atoms with van der Waals surface area (Å²) >= 11 is 0. The van der Waals surface area contributed by atoms with E-state index in [2.05, 4.69) is 11.4 Å². The van der Waals surface area contributed by atoms with Gasteiger partial charge in [-0.1, -0.05) is 19.1 Å². The molecule has 2 nitrogen and oxygen atoms in total. The molecule has 3 heteroatoms. The number of nitrogens with one attached hydrogen (secondary N) is 1. The highest BCUT2D eigenvalue weighted by atomic mass is 19.1. The Hall–Kier alpha value is -1.40. The predicted octanol–water partition coefficient (Wildman–Crippen LogP) is 2.47. The van der Waals surface area contributed by atoms with Crippen molar-refractivity contribution in [3.8, 4) is 6.07 Å². The van der Waals surface area contributed by atoms with E-state index in [-0.39, 0.29) is 11.7 Å². The van der Waals surface area contributed by atoms with Crippen LogP contribution in [-0.4, -0.2) is 6.54 Å². The fourth-order valence-electron chi connectivity index (χ4n) is 1.32. The average molecular weight is 206 g/mol. The second-order valence-electron chi connectivity index (χ2n) is 3.50. The first kappa shape index (κ1) is 11.7. The number of benzene rings is 1. The molecule has 1 atom stereocenters. The monoisotopic (exact) mass is 206 g/mol. The first-order chi connectivity index (χ1) is 7.26. The minimum atomic E-state index is -0.221. The Labute approximate surface area is 89.7 Å². The molecule has 1 aromatic rings. The Kier molecular flexibility index (Phi) is 4.79. The summed E-state index contributed by atoms with van der Waals surface area (Å²) in [4.78, 5) is 0. The number of rotatable bonds is 5. The van der Waals surface area contributed by atoms with Crippen LogP contribution in [0.1, 0.15) is 18.9 Å². The zero-order valence-electron chi connectivity index (χ0n) is 8.83. The molecule has 0 spiro atoms. The van der Waals surface area contributed by atoms with Gasteiger partial charge in [-0.15, -0.1) is 0 Å². The Morgan fingerprint density at radius 1 is 1.53 bits per heavy atom. The molecular formula is C12H15FN2. The third-order valence-corrected chi connectivity index (χ3v) is 2.28. The molecule has 0 heterocycles. The van der Waals surface area contributed by atoms with E-state index >= 15 is 0 Å². The number of halogens is 1. The van der Waals surface area contributed by atoms with Gasteiger partial charge in [0.25, 0.3) is 0 Å². The lowest BCUT2D eigenvalue weighted by molar-refractivity contribution is 0.551. The molecule has 15 heavy (non-hydrogen) atoms. The van der Waals surface area contributed by atoms with E-state index < -0.39 is 0 Å². The van der Waals surface area contributed by atoms with E-state index in [4.69, 9.17) is 5.26 Å².